The number of carbonyl (C=O) groups is 1. The van der Waals surface area contributed by atoms with Crippen molar-refractivity contribution in [3.05, 3.63) is 105 Å². The van der Waals surface area contributed by atoms with Crippen LogP contribution >= 0.6 is 0 Å². The fraction of sp³-hybridized carbons (Fsp3) is 0.219. The van der Waals surface area contributed by atoms with Gasteiger partial charge in [-0.3, -0.25) is 14.4 Å². The van der Waals surface area contributed by atoms with Crippen molar-refractivity contribution < 1.29 is 23.8 Å². The van der Waals surface area contributed by atoms with Crippen molar-refractivity contribution >= 4 is 27.8 Å². The van der Waals surface area contributed by atoms with E-state index in [1.165, 1.54) is 12.3 Å². The normalized spacial score (nSPS) is 14.9. The second kappa shape index (κ2) is 10.6. The number of piperazine rings is 1. The number of aromatic hydroxyl groups is 2. The number of rotatable bonds is 5. The van der Waals surface area contributed by atoms with E-state index in [1.807, 2.05) is 13.1 Å². The van der Waals surface area contributed by atoms with E-state index in [-0.39, 0.29) is 45.6 Å². The van der Waals surface area contributed by atoms with Gasteiger partial charge in [0.05, 0.1) is 11.6 Å². The molecular weight excluding hydrogens is 524 g/mol. The molecular formula is C32H28N2O7. The lowest BCUT2D eigenvalue weighted by molar-refractivity contribution is -0.133. The Morgan fingerprint density at radius 3 is 2.39 bits per heavy atom. The van der Waals surface area contributed by atoms with Crippen LogP contribution in [0.25, 0.3) is 33.3 Å². The van der Waals surface area contributed by atoms with Gasteiger partial charge in [-0.2, -0.15) is 0 Å². The number of para-hydroxylation sites is 1. The number of fused-ring (bicyclic) bond motifs is 2. The molecule has 208 valence electrons. The van der Waals surface area contributed by atoms with Crippen molar-refractivity contribution in [1.29, 1.82) is 0 Å². The quantitative estimate of drug-likeness (QED) is 0.331. The van der Waals surface area contributed by atoms with Crippen LogP contribution in [0.15, 0.2) is 91.4 Å². The summed E-state index contributed by atoms with van der Waals surface area (Å²) in [6.45, 7) is 2.45. The molecule has 1 saturated heterocycles. The van der Waals surface area contributed by atoms with Crippen LogP contribution in [0.4, 0.5) is 0 Å². The molecule has 0 bridgehead atoms. The van der Waals surface area contributed by atoms with Crippen LogP contribution in [0.2, 0.25) is 0 Å². The van der Waals surface area contributed by atoms with Gasteiger partial charge in [0.1, 0.15) is 33.8 Å². The predicted molar refractivity (Wildman–Crippen MR) is 154 cm³/mol. The molecule has 0 spiro atoms. The summed E-state index contributed by atoms with van der Waals surface area (Å²) in [6.07, 6.45) is 1.10. The lowest BCUT2D eigenvalue weighted by Gasteiger charge is -2.33. The lowest BCUT2D eigenvalue weighted by Crippen LogP contribution is -2.47. The molecule has 1 atom stereocenters. The maximum absolute atomic E-state index is 13.8. The first-order valence-corrected chi connectivity index (χ1v) is 13.4. The number of phenolic OH excluding ortho intramolecular Hbond substituents is 2. The summed E-state index contributed by atoms with van der Waals surface area (Å²) < 4.78 is 12.0. The number of phenols is 2. The van der Waals surface area contributed by atoms with Crippen molar-refractivity contribution in [3.63, 3.8) is 0 Å². The molecule has 1 aliphatic heterocycles. The van der Waals surface area contributed by atoms with Crippen LogP contribution in [-0.2, 0) is 4.79 Å². The van der Waals surface area contributed by atoms with Gasteiger partial charge in [-0.05, 0) is 19.2 Å². The van der Waals surface area contributed by atoms with Gasteiger partial charge >= 0.3 is 0 Å². The Morgan fingerprint density at radius 2 is 1.63 bits per heavy atom. The summed E-state index contributed by atoms with van der Waals surface area (Å²) in [5, 5.41) is 22.1. The molecule has 0 radical (unpaired) electrons. The molecule has 6 rings (SSSR count). The third kappa shape index (κ3) is 4.85. The number of likely N-dealkylation sites (N-methyl/N-ethyl adjacent to an activating group) is 1. The van der Waals surface area contributed by atoms with E-state index in [2.05, 4.69) is 4.90 Å². The molecule has 1 aliphatic rings. The lowest BCUT2D eigenvalue weighted by atomic mass is 9.86. The minimum atomic E-state index is -1.04. The molecule has 0 saturated carbocycles. The predicted octanol–water partition coefficient (Wildman–Crippen LogP) is 4.27. The van der Waals surface area contributed by atoms with Crippen LogP contribution in [0, 0.1) is 0 Å². The van der Waals surface area contributed by atoms with Gasteiger partial charge in [0.15, 0.2) is 10.9 Å². The van der Waals surface area contributed by atoms with E-state index in [4.69, 9.17) is 8.83 Å². The van der Waals surface area contributed by atoms with E-state index in [0.29, 0.717) is 42.7 Å². The highest BCUT2D eigenvalue weighted by Crippen LogP contribution is 2.42. The highest BCUT2D eigenvalue weighted by Gasteiger charge is 2.32. The minimum Gasteiger partial charge on any atom is -0.507 e. The monoisotopic (exact) mass is 552 g/mol. The fourth-order valence-corrected chi connectivity index (χ4v) is 5.46. The molecule has 1 fully saturated rings. The van der Waals surface area contributed by atoms with Crippen LogP contribution < -0.4 is 10.9 Å². The molecule has 0 unspecified atom stereocenters. The van der Waals surface area contributed by atoms with Crippen molar-refractivity contribution in [2.24, 2.45) is 0 Å². The maximum Gasteiger partial charge on any atom is 0.223 e. The zero-order chi connectivity index (χ0) is 28.7. The molecule has 2 aromatic heterocycles. The molecule has 3 heterocycles. The zero-order valence-corrected chi connectivity index (χ0v) is 22.4. The van der Waals surface area contributed by atoms with Gasteiger partial charge in [-0.25, -0.2) is 0 Å². The van der Waals surface area contributed by atoms with Gasteiger partial charge in [0, 0.05) is 67.3 Å². The summed E-state index contributed by atoms with van der Waals surface area (Å²) in [7, 11) is 1.98. The number of nitrogens with zero attached hydrogens (tertiary/aromatic N) is 2. The van der Waals surface area contributed by atoms with Crippen molar-refractivity contribution in [2.45, 2.75) is 12.3 Å². The van der Waals surface area contributed by atoms with Crippen molar-refractivity contribution in [2.75, 3.05) is 33.2 Å². The number of carbonyl (C=O) groups excluding carboxylic acids is 1. The minimum absolute atomic E-state index is 0.0535. The molecule has 5 aromatic rings. The highest BCUT2D eigenvalue weighted by molar-refractivity contribution is 5.91. The van der Waals surface area contributed by atoms with Crippen molar-refractivity contribution in [3.8, 4) is 22.8 Å². The largest absolute Gasteiger partial charge is 0.507 e. The van der Waals surface area contributed by atoms with Gasteiger partial charge in [-0.1, -0.05) is 42.5 Å². The molecule has 9 nitrogen and oxygen atoms in total. The molecule has 2 N–H and O–H groups in total. The summed E-state index contributed by atoms with van der Waals surface area (Å²) >= 11 is 0. The smallest absolute Gasteiger partial charge is 0.223 e. The average Bonchev–Trinajstić information content (AvgIpc) is 2.97. The standard InChI is InChI=1S/C32H28N2O7/c1-33-11-13-34(14-12-33)28(38)15-21(22-18-40-26-10-6-5-9-20(26)31(22)39)29-23(35)16-24(36)30-25(37)17-27(41-32(29)30)19-7-3-2-4-8-19/h2-10,16-18,21,35-36H,11-15H2,1H3/t21-/m1/s1. The SMILES string of the molecule is CN1CCN(C(=O)C[C@H](c2coc3ccccc3c2=O)c2c(O)cc(O)c3c(=O)cc(-c4ccccc4)oc23)CC1. The maximum atomic E-state index is 13.8. The topological polar surface area (TPSA) is 124 Å². The molecule has 9 heteroatoms. The second-order valence-corrected chi connectivity index (χ2v) is 10.3. The fourth-order valence-electron chi connectivity index (χ4n) is 5.46. The van der Waals surface area contributed by atoms with Crippen LogP contribution in [0.3, 0.4) is 0 Å². The van der Waals surface area contributed by atoms with Gasteiger partial charge < -0.3 is 28.8 Å². The van der Waals surface area contributed by atoms with Crippen molar-refractivity contribution in [1.82, 2.24) is 9.80 Å². The summed E-state index contributed by atoms with van der Waals surface area (Å²) in [6, 6.07) is 18.0. The van der Waals surface area contributed by atoms with Crippen LogP contribution in [0.5, 0.6) is 11.5 Å². The number of amides is 1. The number of hydrogen-bond donors (Lipinski definition) is 2. The summed E-state index contributed by atoms with van der Waals surface area (Å²) in [5.74, 6) is -1.93. The molecule has 0 aliphatic carbocycles. The first kappa shape index (κ1) is 26.3. The Hall–Kier alpha value is -4.89. The van der Waals surface area contributed by atoms with Gasteiger partial charge in [-0.15, -0.1) is 0 Å². The molecule has 41 heavy (non-hydrogen) atoms. The third-order valence-electron chi connectivity index (χ3n) is 7.72. The Labute approximate surface area is 234 Å². The third-order valence-corrected chi connectivity index (χ3v) is 7.72. The Bertz CT molecular complexity index is 1890. The first-order chi connectivity index (χ1) is 19.8. The molecule has 3 aromatic carbocycles. The Kier molecular flexibility index (Phi) is 6.80. The number of benzene rings is 3. The Morgan fingerprint density at radius 1 is 0.927 bits per heavy atom. The summed E-state index contributed by atoms with van der Waals surface area (Å²) in [5.41, 5.74) is 0.166. The Balaban J connectivity index is 1.59. The number of hydrogen-bond acceptors (Lipinski definition) is 8. The van der Waals surface area contributed by atoms with E-state index < -0.39 is 22.8 Å². The van der Waals surface area contributed by atoms with E-state index in [1.54, 1.807) is 53.4 Å². The van der Waals surface area contributed by atoms with E-state index >= 15 is 0 Å². The summed E-state index contributed by atoms with van der Waals surface area (Å²) in [4.78, 5) is 44.6. The first-order valence-electron chi connectivity index (χ1n) is 13.4. The van der Waals surface area contributed by atoms with Gasteiger partial charge in [0.25, 0.3) is 0 Å². The highest BCUT2D eigenvalue weighted by atomic mass is 16.3. The van der Waals surface area contributed by atoms with E-state index in [9.17, 15) is 24.6 Å². The second-order valence-electron chi connectivity index (χ2n) is 10.3. The molecule has 1 amide bonds. The zero-order valence-electron chi connectivity index (χ0n) is 22.4. The van der Waals surface area contributed by atoms with Crippen LogP contribution in [-0.4, -0.2) is 59.1 Å². The average molecular weight is 553 g/mol. The van der Waals surface area contributed by atoms with E-state index in [0.717, 1.165) is 6.07 Å². The van der Waals surface area contributed by atoms with Gasteiger partial charge in [0.2, 0.25) is 5.91 Å². The van der Waals surface area contributed by atoms with Crippen LogP contribution in [0.1, 0.15) is 23.5 Å².